The van der Waals surface area contributed by atoms with Crippen LogP contribution in [0.3, 0.4) is 0 Å². The zero-order chi connectivity index (χ0) is 14.5. The van der Waals surface area contributed by atoms with E-state index in [1.165, 1.54) is 12.1 Å². The first-order chi connectivity index (χ1) is 10.3. The maximum atomic E-state index is 13.0. The summed E-state index contributed by atoms with van der Waals surface area (Å²) in [5.74, 6) is 0.766. The summed E-state index contributed by atoms with van der Waals surface area (Å²) >= 11 is 0. The maximum absolute atomic E-state index is 13.0. The van der Waals surface area contributed by atoms with Crippen LogP contribution >= 0.6 is 0 Å². The molecule has 0 unspecified atom stereocenters. The minimum Gasteiger partial charge on any atom is -0.419 e. The largest absolute Gasteiger partial charge is 0.419 e. The Bertz CT molecular complexity index is 712. The van der Waals surface area contributed by atoms with Crippen molar-refractivity contribution >= 4 is 0 Å². The molecule has 3 aromatic rings. The van der Waals surface area contributed by atoms with Crippen LogP contribution in [0.4, 0.5) is 4.39 Å². The number of nitrogens with one attached hydrogen (secondary N) is 1. The fraction of sp³-hybridized carbons (Fsp3) is 0.125. The van der Waals surface area contributed by atoms with E-state index in [1.807, 2.05) is 36.4 Å². The summed E-state index contributed by atoms with van der Waals surface area (Å²) in [6, 6.07) is 16.1. The molecule has 2 aromatic carbocycles. The summed E-state index contributed by atoms with van der Waals surface area (Å²) in [4.78, 5) is 0. The molecule has 0 amide bonds. The predicted octanol–water partition coefficient (Wildman–Crippen LogP) is 3.17. The zero-order valence-corrected chi connectivity index (χ0v) is 11.3. The Morgan fingerprint density at radius 1 is 0.952 bits per heavy atom. The Labute approximate surface area is 121 Å². The van der Waals surface area contributed by atoms with Gasteiger partial charge in [-0.2, -0.15) is 0 Å². The van der Waals surface area contributed by atoms with Crippen molar-refractivity contribution in [1.29, 1.82) is 0 Å². The van der Waals surface area contributed by atoms with Gasteiger partial charge in [0, 0.05) is 12.1 Å². The molecule has 1 aromatic heterocycles. The minimum atomic E-state index is -0.238. The van der Waals surface area contributed by atoms with Gasteiger partial charge in [-0.1, -0.05) is 30.3 Å². The number of aromatic nitrogens is 2. The molecule has 5 heteroatoms. The van der Waals surface area contributed by atoms with Crippen molar-refractivity contribution in [3.8, 4) is 11.5 Å². The molecule has 1 N–H and O–H groups in total. The zero-order valence-electron chi connectivity index (χ0n) is 11.3. The highest BCUT2D eigenvalue weighted by Gasteiger charge is 2.07. The van der Waals surface area contributed by atoms with Gasteiger partial charge in [0.25, 0.3) is 0 Å². The molecule has 0 saturated heterocycles. The summed E-state index contributed by atoms with van der Waals surface area (Å²) < 4.78 is 18.6. The molecular formula is C16H14FN3O. The van der Waals surface area contributed by atoms with E-state index in [0.717, 1.165) is 11.1 Å². The van der Waals surface area contributed by atoms with Crippen LogP contribution in [-0.4, -0.2) is 10.2 Å². The lowest BCUT2D eigenvalue weighted by molar-refractivity contribution is 0.477. The molecule has 0 spiro atoms. The SMILES string of the molecule is Fc1cccc(CNCc2nnc(-c3ccccc3)o2)c1. The highest BCUT2D eigenvalue weighted by atomic mass is 19.1. The molecule has 0 aliphatic heterocycles. The summed E-state index contributed by atoms with van der Waals surface area (Å²) in [6.45, 7) is 0.983. The Morgan fingerprint density at radius 3 is 2.62 bits per heavy atom. The number of hydrogen-bond donors (Lipinski definition) is 1. The molecule has 106 valence electrons. The molecule has 0 atom stereocenters. The van der Waals surface area contributed by atoms with E-state index in [-0.39, 0.29) is 5.82 Å². The molecule has 21 heavy (non-hydrogen) atoms. The minimum absolute atomic E-state index is 0.238. The molecule has 3 rings (SSSR count). The van der Waals surface area contributed by atoms with Crippen LogP contribution in [0.25, 0.3) is 11.5 Å². The van der Waals surface area contributed by atoms with Crippen LogP contribution in [0.1, 0.15) is 11.5 Å². The third kappa shape index (κ3) is 3.52. The standard InChI is InChI=1S/C16H14FN3O/c17-14-8-4-5-12(9-14)10-18-11-15-19-20-16(21-15)13-6-2-1-3-7-13/h1-9,18H,10-11H2. The lowest BCUT2D eigenvalue weighted by Crippen LogP contribution is -2.13. The van der Waals surface area contributed by atoms with Crippen LogP contribution in [0.5, 0.6) is 0 Å². The fourth-order valence-corrected chi connectivity index (χ4v) is 1.98. The van der Waals surface area contributed by atoms with Crippen molar-refractivity contribution in [3.05, 3.63) is 71.9 Å². The first kappa shape index (κ1) is 13.5. The Hall–Kier alpha value is -2.53. The van der Waals surface area contributed by atoms with E-state index < -0.39 is 0 Å². The second kappa shape index (κ2) is 6.28. The van der Waals surface area contributed by atoms with Crippen LogP contribution in [0, 0.1) is 5.82 Å². The molecule has 0 saturated carbocycles. The second-order valence-corrected chi connectivity index (χ2v) is 4.60. The average molecular weight is 283 g/mol. The lowest BCUT2D eigenvalue weighted by Gasteiger charge is -2.02. The van der Waals surface area contributed by atoms with Crippen LogP contribution in [-0.2, 0) is 13.1 Å². The molecule has 0 aliphatic carbocycles. The average Bonchev–Trinajstić information content (AvgIpc) is 2.97. The normalized spacial score (nSPS) is 10.7. The van der Waals surface area contributed by atoms with E-state index in [1.54, 1.807) is 6.07 Å². The number of rotatable bonds is 5. The Morgan fingerprint density at radius 2 is 1.81 bits per heavy atom. The highest BCUT2D eigenvalue weighted by Crippen LogP contribution is 2.16. The Kier molecular flexibility index (Phi) is 4.02. The van der Waals surface area contributed by atoms with Crippen molar-refractivity contribution in [2.24, 2.45) is 0 Å². The molecule has 0 aliphatic rings. The smallest absolute Gasteiger partial charge is 0.247 e. The fourth-order valence-electron chi connectivity index (χ4n) is 1.98. The molecule has 4 nitrogen and oxygen atoms in total. The predicted molar refractivity (Wildman–Crippen MR) is 76.7 cm³/mol. The maximum Gasteiger partial charge on any atom is 0.247 e. The van der Waals surface area contributed by atoms with Crippen molar-refractivity contribution < 1.29 is 8.81 Å². The molecular weight excluding hydrogens is 269 g/mol. The van der Waals surface area contributed by atoms with Crippen molar-refractivity contribution in [2.75, 3.05) is 0 Å². The van der Waals surface area contributed by atoms with Gasteiger partial charge in [-0.3, -0.25) is 0 Å². The first-order valence-electron chi connectivity index (χ1n) is 6.64. The van der Waals surface area contributed by atoms with Crippen molar-refractivity contribution in [3.63, 3.8) is 0 Å². The van der Waals surface area contributed by atoms with Gasteiger partial charge >= 0.3 is 0 Å². The molecule has 0 radical (unpaired) electrons. The third-order valence-corrected chi connectivity index (χ3v) is 2.98. The summed E-state index contributed by atoms with van der Waals surface area (Å²) in [6.07, 6.45) is 0. The van der Waals surface area contributed by atoms with Gasteiger partial charge in [0.2, 0.25) is 11.8 Å². The number of nitrogens with zero attached hydrogens (tertiary/aromatic N) is 2. The summed E-state index contributed by atoms with van der Waals surface area (Å²) in [7, 11) is 0. The third-order valence-electron chi connectivity index (χ3n) is 2.98. The molecule has 1 heterocycles. The first-order valence-corrected chi connectivity index (χ1v) is 6.64. The number of benzene rings is 2. The van der Waals surface area contributed by atoms with Gasteiger partial charge in [0.05, 0.1) is 6.54 Å². The van der Waals surface area contributed by atoms with E-state index in [4.69, 9.17) is 4.42 Å². The highest BCUT2D eigenvalue weighted by molar-refractivity contribution is 5.51. The van der Waals surface area contributed by atoms with Gasteiger partial charge in [-0.25, -0.2) is 4.39 Å². The van der Waals surface area contributed by atoms with Gasteiger partial charge < -0.3 is 9.73 Å². The summed E-state index contributed by atoms with van der Waals surface area (Å²) in [5.41, 5.74) is 1.76. The second-order valence-electron chi connectivity index (χ2n) is 4.60. The summed E-state index contributed by atoms with van der Waals surface area (Å²) in [5, 5.41) is 11.1. The molecule has 0 fully saturated rings. The van der Waals surface area contributed by atoms with E-state index in [9.17, 15) is 4.39 Å². The topological polar surface area (TPSA) is 51.0 Å². The number of hydrogen-bond acceptors (Lipinski definition) is 4. The lowest BCUT2D eigenvalue weighted by atomic mass is 10.2. The van der Waals surface area contributed by atoms with E-state index in [2.05, 4.69) is 15.5 Å². The number of halogens is 1. The van der Waals surface area contributed by atoms with E-state index in [0.29, 0.717) is 24.9 Å². The van der Waals surface area contributed by atoms with E-state index >= 15 is 0 Å². The quantitative estimate of drug-likeness (QED) is 0.781. The molecule has 0 bridgehead atoms. The van der Waals surface area contributed by atoms with Crippen molar-refractivity contribution in [1.82, 2.24) is 15.5 Å². The van der Waals surface area contributed by atoms with Crippen molar-refractivity contribution in [2.45, 2.75) is 13.1 Å². The van der Waals surface area contributed by atoms with Gasteiger partial charge in [0.1, 0.15) is 5.82 Å². The van der Waals surface area contributed by atoms with Gasteiger partial charge in [0.15, 0.2) is 0 Å². The van der Waals surface area contributed by atoms with Crippen LogP contribution in [0.2, 0.25) is 0 Å². The van der Waals surface area contributed by atoms with Crippen LogP contribution in [0.15, 0.2) is 59.0 Å². The Balaban J connectivity index is 1.58. The van der Waals surface area contributed by atoms with Gasteiger partial charge in [-0.05, 0) is 29.8 Å². The monoisotopic (exact) mass is 283 g/mol. The van der Waals surface area contributed by atoms with Gasteiger partial charge in [-0.15, -0.1) is 10.2 Å². The van der Waals surface area contributed by atoms with Crippen LogP contribution < -0.4 is 5.32 Å².